The molecule has 2 rings (SSSR count). The van der Waals surface area contributed by atoms with Crippen LogP contribution in [0.3, 0.4) is 0 Å². The molecule has 1 aromatic rings. The molecule has 1 fully saturated rings. The Kier molecular flexibility index (Phi) is 3.52. The number of rotatable bonds is 5. The average molecular weight is 232 g/mol. The Balaban J connectivity index is 2.03. The minimum atomic E-state index is -0.0770. The van der Waals surface area contributed by atoms with Crippen molar-refractivity contribution in [1.29, 1.82) is 0 Å². The van der Waals surface area contributed by atoms with E-state index in [0.717, 1.165) is 18.4 Å². The number of hydrogen-bond donors (Lipinski definition) is 0. The molecule has 1 saturated carbocycles. The van der Waals surface area contributed by atoms with E-state index in [-0.39, 0.29) is 18.1 Å². The average Bonchev–Trinajstić information content (AvgIpc) is 3.10. The van der Waals surface area contributed by atoms with Crippen LogP contribution in [0, 0.1) is 0 Å². The van der Waals surface area contributed by atoms with E-state index in [1.165, 1.54) is 6.92 Å². The third-order valence-corrected chi connectivity index (χ3v) is 2.78. The fraction of sp³-hybridized carbons (Fsp3) is 0.462. The van der Waals surface area contributed by atoms with Gasteiger partial charge in [0, 0.05) is 25.0 Å². The molecule has 90 valence electrons. The topological polar surface area (TPSA) is 50.3 Å². The number of pyridine rings is 1. The summed E-state index contributed by atoms with van der Waals surface area (Å²) < 4.78 is 0. The fourth-order valence-electron chi connectivity index (χ4n) is 1.81. The molecule has 0 atom stereocenters. The van der Waals surface area contributed by atoms with Gasteiger partial charge < -0.3 is 4.90 Å². The van der Waals surface area contributed by atoms with Gasteiger partial charge in [0.15, 0.2) is 0 Å². The standard InChI is InChI=1S/C13H16N2O2/c1-10(16)7-13(17)15(12-4-5-12)9-11-3-2-6-14-8-11/h2-3,6,8,12H,4-5,7,9H2,1H3. The lowest BCUT2D eigenvalue weighted by Crippen LogP contribution is -2.33. The first-order valence-corrected chi connectivity index (χ1v) is 5.84. The number of nitrogens with zero attached hydrogens (tertiary/aromatic N) is 2. The molecule has 1 heterocycles. The second-order valence-electron chi connectivity index (χ2n) is 4.49. The highest BCUT2D eigenvalue weighted by Crippen LogP contribution is 2.28. The van der Waals surface area contributed by atoms with Gasteiger partial charge in [-0.3, -0.25) is 14.6 Å². The van der Waals surface area contributed by atoms with Crippen molar-refractivity contribution in [3.63, 3.8) is 0 Å². The first-order valence-electron chi connectivity index (χ1n) is 5.84. The summed E-state index contributed by atoms with van der Waals surface area (Å²) in [5.41, 5.74) is 1.01. The van der Waals surface area contributed by atoms with Crippen molar-refractivity contribution in [3.8, 4) is 0 Å². The number of Topliss-reactive ketones (excluding diaryl/α,β-unsaturated/α-hetero) is 1. The van der Waals surface area contributed by atoms with Gasteiger partial charge in [0.1, 0.15) is 5.78 Å². The lowest BCUT2D eigenvalue weighted by Gasteiger charge is -2.21. The second-order valence-corrected chi connectivity index (χ2v) is 4.49. The molecule has 1 aliphatic rings. The quantitative estimate of drug-likeness (QED) is 0.724. The number of carbonyl (C=O) groups is 2. The summed E-state index contributed by atoms with van der Waals surface area (Å²) in [5, 5.41) is 0. The summed E-state index contributed by atoms with van der Waals surface area (Å²) in [7, 11) is 0. The Morgan fingerprint density at radius 1 is 1.47 bits per heavy atom. The van der Waals surface area contributed by atoms with Crippen molar-refractivity contribution < 1.29 is 9.59 Å². The van der Waals surface area contributed by atoms with Crippen LogP contribution >= 0.6 is 0 Å². The lowest BCUT2D eigenvalue weighted by molar-refractivity contribution is -0.135. The minimum Gasteiger partial charge on any atom is -0.335 e. The Hall–Kier alpha value is -1.71. The molecule has 0 aromatic carbocycles. The highest BCUT2D eigenvalue weighted by molar-refractivity contribution is 5.97. The smallest absolute Gasteiger partial charge is 0.230 e. The number of amides is 1. The third-order valence-electron chi connectivity index (χ3n) is 2.78. The van der Waals surface area contributed by atoms with Crippen LogP contribution in [0.25, 0.3) is 0 Å². The molecule has 0 saturated heterocycles. The zero-order valence-corrected chi connectivity index (χ0v) is 9.93. The monoisotopic (exact) mass is 232 g/mol. The van der Waals surface area contributed by atoms with Gasteiger partial charge in [0.2, 0.25) is 5.91 Å². The van der Waals surface area contributed by atoms with Crippen molar-refractivity contribution in [2.24, 2.45) is 0 Å². The molecule has 4 heteroatoms. The van der Waals surface area contributed by atoms with Crippen molar-refractivity contribution in [1.82, 2.24) is 9.88 Å². The molecule has 0 aliphatic heterocycles. The highest BCUT2D eigenvalue weighted by atomic mass is 16.2. The molecule has 1 aromatic heterocycles. The third kappa shape index (κ3) is 3.37. The fourth-order valence-corrected chi connectivity index (χ4v) is 1.81. The summed E-state index contributed by atoms with van der Waals surface area (Å²) in [4.78, 5) is 28.8. The van der Waals surface area contributed by atoms with Crippen LogP contribution in [-0.2, 0) is 16.1 Å². The number of ketones is 1. The molecule has 0 radical (unpaired) electrons. The molecule has 17 heavy (non-hydrogen) atoms. The number of hydrogen-bond acceptors (Lipinski definition) is 3. The molecular formula is C13H16N2O2. The zero-order valence-electron chi connectivity index (χ0n) is 9.93. The second kappa shape index (κ2) is 5.08. The summed E-state index contributed by atoms with van der Waals surface area (Å²) in [6, 6.07) is 4.13. The molecule has 0 bridgehead atoms. The summed E-state index contributed by atoms with van der Waals surface area (Å²) in [5.74, 6) is -0.143. The van der Waals surface area contributed by atoms with E-state index in [9.17, 15) is 9.59 Å². The summed E-state index contributed by atoms with van der Waals surface area (Å²) in [6.07, 6.45) is 5.57. The van der Waals surface area contributed by atoms with Crippen LogP contribution in [0.5, 0.6) is 0 Å². The van der Waals surface area contributed by atoms with Crippen LogP contribution in [0.4, 0.5) is 0 Å². The first kappa shape index (κ1) is 11.8. The Morgan fingerprint density at radius 2 is 2.24 bits per heavy atom. The Labute approximate surface area is 101 Å². The first-order chi connectivity index (χ1) is 8.16. The SMILES string of the molecule is CC(=O)CC(=O)N(Cc1cccnc1)C1CC1. The predicted molar refractivity (Wildman–Crippen MR) is 63.1 cm³/mol. The minimum absolute atomic E-state index is 0.0107. The van der Waals surface area contributed by atoms with Gasteiger partial charge in [0.05, 0.1) is 6.42 Å². The molecular weight excluding hydrogens is 216 g/mol. The van der Waals surface area contributed by atoms with Crippen molar-refractivity contribution >= 4 is 11.7 Å². The maximum Gasteiger partial charge on any atom is 0.230 e. The molecule has 0 N–H and O–H groups in total. The number of carbonyl (C=O) groups excluding carboxylic acids is 2. The summed E-state index contributed by atoms with van der Waals surface area (Å²) in [6.45, 7) is 2.01. The van der Waals surface area contributed by atoms with E-state index in [4.69, 9.17) is 0 Å². The van der Waals surface area contributed by atoms with Gasteiger partial charge in [-0.25, -0.2) is 0 Å². The molecule has 4 nitrogen and oxygen atoms in total. The van der Waals surface area contributed by atoms with E-state index in [1.54, 1.807) is 17.3 Å². The molecule has 0 spiro atoms. The van der Waals surface area contributed by atoms with Crippen molar-refractivity contribution in [2.45, 2.75) is 38.8 Å². The van der Waals surface area contributed by atoms with Crippen LogP contribution < -0.4 is 0 Å². The van der Waals surface area contributed by atoms with Gasteiger partial charge in [0.25, 0.3) is 0 Å². The number of aromatic nitrogens is 1. The van der Waals surface area contributed by atoms with Crippen molar-refractivity contribution in [2.75, 3.05) is 0 Å². The van der Waals surface area contributed by atoms with E-state index in [0.29, 0.717) is 12.6 Å². The van der Waals surface area contributed by atoms with Gasteiger partial charge in [-0.15, -0.1) is 0 Å². The Bertz CT molecular complexity index is 413. The van der Waals surface area contributed by atoms with Crippen LogP contribution in [0.2, 0.25) is 0 Å². The van der Waals surface area contributed by atoms with Gasteiger partial charge in [-0.1, -0.05) is 6.07 Å². The molecule has 0 unspecified atom stereocenters. The van der Waals surface area contributed by atoms with Gasteiger partial charge >= 0.3 is 0 Å². The highest BCUT2D eigenvalue weighted by Gasteiger charge is 2.32. The predicted octanol–water partition coefficient (Wildman–Crippen LogP) is 1.55. The van der Waals surface area contributed by atoms with E-state index in [1.807, 2.05) is 12.1 Å². The normalized spacial score (nSPS) is 14.4. The van der Waals surface area contributed by atoms with Crippen LogP contribution in [0.1, 0.15) is 31.7 Å². The zero-order chi connectivity index (χ0) is 12.3. The largest absolute Gasteiger partial charge is 0.335 e. The van der Waals surface area contributed by atoms with E-state index < -0.39 is 0 Å². The summed E-state index contributed by atoms with van der Waals surface area (Å²) >= 11 is 0. The lowest BCUT2D eigenvalue weighted by atomic mass is 10.2. The van der Waals surface area contributed by atoms with Crippen LogP contribution in [-0.4, -0.2) is 27.6 Å². The maximum atomic E-state index is 11.9. The van der Waals surface area contributed by atoms with E-state index in [2.05, 4.69) is 4.98 Å². The molecule has 1 amide bonds. The molecule has 1 aliphatic carbocycles. The van der Waals surface area contributed by atoms with E-state index >= 15 is 0 Å². The van der Waals surface area contributed by atoms with Crippen LogP contribution in [0.15, 0.2) is 24.5 Å². The Morgan fingerprint density at radius 3 is 2.76 bits per heavy atom. The maximum absolute atomic E-state index is 11.9. The van der Waals surface area contributed by atoms with Crippen molar-refractivity contribution in [3.05, 3.63) is 30.1 Å². The van der Waals surface area contributed by atoms with Gasteiger partial charge in [-0.05, 0) is 31.4 Å². The van der Waals surface area contributed by atoms with Gasteiger partial charge in [-0.2, -0.15) is 0 Å².